The van der Waals surface area contributed by atoms with E-state index in [1.807, 2.05) is 56.2 Å². The number of allylic oxidation sites excluding steroid dienone is 1. The first-order valence-electron chi connectivity index (χ1n) is 27.5. The van der Waals surface area contributed by atoms with Crippen molar-refractivity contribution >= 4 is 34.9 Å². The van der Waals surface area contributed by atoms with Crippen molar-refractivity contribution < 1.29 is 67.8 Å². The summed E-state index contributed by atoms with van der Waals surface area (Å²) in [5.41, 5.74) is 2.29. The monoisotopic (exact) mass is 1040 g/mol. The molecule has 1 amide bonds. The third-order valence-electron chi connectivity index (χ3n) is 17.0. The number of esters is 1. The van der Waals surface area contributed by atoms with Crippen molar-refractivity contribution in [1.82, 2.24) is 4.90 Å². The number of Topliss-reactive ketones (excluding diaryl/α,β-unsaturated/α-hetero) is 3. The zero-order valence-electron chi connectivity index (χ0n) is 45.8. The van der Waals surface area contributed by atoms with Crippen LogP contribution in [0.25, 0.3) is 0 Å². The average Bonchev–Trinajstić information content (AvgIpc) is 3.39. The maximum absolute atomic E-state index is 14.5. The Bertz CT molecular complexity index is 2120. The molecule has 0 spiro atoms. The summed E-state index contributed by atoms with van der Waals surface area (Å²) in [7, 11) is 4.58. The zero-order valence-corrected chi connectivity index (χ0v) is 45.8. The maximum Gasteiger partial charge on any atom is 0.329 e. The van der Waals surface area contributed by atoms with Crippen LogP contribution in [0.2, 0.25) is 0 Å². The number of aliphatic hydroxyl groups is 3. The van der Waals surface area contributed by atoms with Gasteiger partial charge in [0.15, 0.2) is 5.78 Å². The third kappa shape index (κ3) is 14.6. The molecule has 1 aliphatic carbocycles. The number of methoxy groups -OCH3 is 3. The van der Waals surface area contributed by atoms with Gasteiger partial charge in [0.25, 0.3) is 11.7 Å². The SMILES string of the molecule is CO[C@@H]1C/C(C)=C\[C@H]2CC[C@@H]([C@@H](C)C[C@@H](C)C(=O)[C@H](OC)[C@H](O)/C(C)=C\[C@@H](C)C(=O)C[C@@H]([C@H](C)C[C@@H]3CC[C@@H](O)[C@H](OC)C3)OC(=O)[C@@H]3CCCCN3C(=O)C(=O)[C@]3(O)O[C@@H](CC[C@H]3C)C1)N(c1ccccc1)O2. The molecule has 6 aliphatic rings. The van der Waals surface area contributed by atoms with Gasteiger partial charge in [0, 0.05) is 58.5 Å². The van der Waals surface area contributed by atoms with Crippen LogP contribution in [0.3, 0.4) is 0 Å². The van der Waals surface area contributed by atoms with E-state index in [0.717, 1.165) is 30.5 Å². The van der Waals surface area contributed by atoms with Crippen molar-refractivity contribution in [2.45, 2.75) is 211 Å². The molecule has 4 bridgehead atoms. The van der Waals surface area contributed by atoms with Gasteiger partial charge in [0.2, 0.25) is 5.79 Å². The molecule has 414 valence electrons. The first-order valence-corrected chi connectivity index (χ1v) is 27.5. The normalized spacial score (nSPS) is 39.3. The van der Waals surface area contributed by atoms with Crippen LogP contribution in [0.4, 0.5) is 5.69 Å². The highest BCUT2D eigenvalue weighted by Gasteiger charge is 2.53. The maximum atomic E-state index is 14.5. The van der Waals surface area contributed by atoms with Crippen LogP contribution in [0.1, 0.15) is 145 Å². The number of ketones is 3. The van der Waals surface area contributed by atoms with Gasteiger partial charge in [-0.05, 0) is 133 Å². The minimum Gasteiger partial charge on any atom is -0.460 e. The Morgan fingerprint density at radius 3 is 2.23 bits per heavy atom. The lowest BCUT2D eigenvalue weighted by Crippen LogP contribution is -2.61. The van der Waals surface area contributed by atoms with Crippen LogP contribution in [-0.2, 0) is 52.5 Å². The summed E-state index contributed by atoms with van der Waals surface area (Å²) in [6.07, 6.45) is 5.40. The minimum absolute atomic E-state index is 0.0157. The van der Waals surface area contributed by atoms with Crippen LogP contribution in [-0.4, -0.2) is 144 Å². The predicted octanol–water partition coefficient (Wildman–Crippen LogP) is 7.43. The van der Waals surface area contributed by atoms with E-state index in [1.54, 1.807) is 41.1 Å². The van der Waals surface area contributed by atoms with Crippen molar-refractivity contribution in [2.24, 2.45) is 35.5 Å². The average molecular weight is 1040 g/mol. The summed E-state index contributed by atoms with van der Waals surface area (Å²) in [6, 6.07) is 8.65. The molecule has 0 radical (unpaired) electrons. The van der Waals surface area contributed by atoms with E-state index >= 15 is 0 Å². The van der Waals surface area contributed by atoms with Gasteiger partial charge in [0.1, 0.15) is 36.2 Å². The molecule has 0 aromatic heterocycles. The molecule has 1 aromatic rings. The lowest BCUT2D eigenvalue weighted by atomic mass is 9.78. The number of anilines is 1. The molecule has 16 heteroatoms. The Morgan fingerprint density at radius 2 is 1.54 bits per heavy atom. The second kappa shape index (κ2) is 26.9. The molecule has 1 aromatic carbocycles. The summed E-state index contributed by atoms with van der Waals surface area (Å²) in [6.45, 7) is 13.0. The smallest absolute Gasteiger partial charge is 0.329 e. The quantitative estimate of drug-likeness (QED) is 0.138. The summed E-state index contributed by atoms with van der Waals surface area (Å²) in [5.74, 6) is -8.13. The van der Waals surface area contributed by atoms with Crippen LogP contribution < -0.4 is 5.06 Å². The summed E-state index contributed by atoms with van der Waals surface area (Å²) >= 11 is 0. The standard InChI is InChI=1S/C58H88N2O14/c1-34-26-44-22-23-46(60(74-44)42-16-12-11-13-17-42)35(2)28-38(5)52(63)54(71-10)53(64)39(6)29-36(3)49(62)33-50(37(4)30-41-20-24-48(61)51(31-41)70-9)72-57(67)47-18-14-15-25-59(47)56(66)55(65)58(68)40(7)19-21-43(73-58)32-45(27-34)69-8/h11-13,16-17,26,29,35-38,40-41,43-48,50-51,53-54,61,64,68H,14-15,18-25,27-28,30-33H2,1-10H3/b34-26-,39-29-/t35-,36+,37+,38+,40+,41-,43-,44+,45+,46-,47-,48+,50-,51+,53+,54-,58+/m0/s1. The number of fused-ring (bicyclic) bond motifs is 18. The number of carbonyl (C=O) groups is 5. The number of aliphatic hydroxyl groups excluding tert-OH is 2. The molecule has 5 heterocycles. The van der Waals surface area contributed by atoms with Crippen LogP contribution in [0.5, 0.6) is 0 Å². The highest BCUT2D eigenvalue weighted by molar-refractivity contribution is 6.39. The number of rotatable bonds is 7. The molecule has 7 rings (SSSR count). The van der Waals surface area contributed by atoms with Gasteiger partial charge in [-0.1, -0.05) is 70.5 Å². The van der Waals surface area contributed by atoms with E-state index in [-0.39, 0.29) is 73.1 Å². The molecule has 4 fully saturated rings. The molecule has 3 N–H and O–H groups in total. The van der Waals surface area contributed by atoms with Gasteiger partial charge >= 0.3 is 5.97 Å². The van der Waals surface area contributed by atoms with Crippen molar-refractivity contribution in [1.29, 1.82) is 0 Å². The molecule has 17 atom stereocenters. The first-order chi connectivity index (χ1) is 35.2. The molecular formula is C58H88N2O14. The van der Waals surface area contributed by atoms with E-state index in [9.17, 15) is 39.3 Å². The fourth-order valence-electron chi connectivity index (χ4n) is 12.3. The Kier molecular flexibility index (Phi) is 21.6. The predicted molar refractivity (Wildman–Crippen MR) is 278 cm³/mol. The van der Waals surface area contributed by atoms with Crippen molar-refractivity contribution in [3.8, 4) is 0 Å². The Morgan fingerprint density at radius 1 is 0.811 bits per heavy atom. The molecular weight excluding hydrogens is 949 g/mol. The Hall–Kier alpha value is -3.87. The lowest BCUT2D eigenvalue weighted by Gasteiger charge is -2.43. The minimum atomic E-state index is -2.44. The molecule has 5 aliphatic heterocycles. The number of benzene rings is 1. The Balaban J connectivity index is 1.32. The zero-order chi connectivity index (χ0) is 54.0. The molecule has 0 unspecified atom stereocenters. The largest absolute Gasteiger partial charge is 0.460 e. The number of ether oxygens (including phenoxy) is 5. The third-order valence-corrected chi connectivity index (χ3v) is 17.0. The molecule has 1 saturated carbocycles. The summed E-state index contributed by atoms with van der Waals surface area (Å²) in [5, 5.41) is 36.4. The van der Waals surface area contributed by atoms with Gasteiger partial charge in [0.05, 0.1) is 36.1 Å². The van der Waals surface area contributed by atoms with Crippen LogP contribution in [0.15, 0.2) is 53.6 Å². The van der Waals surface area contributed by atoms with Gasteiger partial charge in [-0.25, -0.2) is 4.79 Å². The van der Waals surface area contributed by atoms with E-state index in [0.29, 0.717) is 69.8 Å². The molecule has 74 heavy (non-hydrogen) atoms. The number of hydrogen-bond acceptors (Lipinski definition) is 15. The van der Waals surface area contributed by atoms with Crippen molar-refractivity contribution in [2.75, 3.05) is 32.9 Å². The lowest BCUT2D eigenvalue weighted by molar-refractivity contribution is -0.266. The fourth-order valence-corrected chi connectivity index (χ4v) is 12.3. The highest BCUT2D eigenvalue weighted by atomic mass is 16.7. The second-order valence-electron chi connectivity index (χ2n) is 22.7. The molecule has 16 nitrogen and oxygen atoms in total. The highest BCUT2D eigenvalue weighted by Crippen LogP contribution is 2.39. The van der Waals surface area contributed by atoms with Crippen LogP contribution in [0, 0.1) is 35.5 Å². The van der Waals surface area contributed by atoms with E-state index in [1.165, 1.54) is 12.0 Å². The van der Waals surface area contributed by atoms with Gasteiger partial charge < -0.3 is 43.9 Å². The number of hydroxylamine groups is 1. The number of amides is 1. The number of carbonyl (C=O) groups excluding carboxylic acids is 5. The van der Waals surface area contributed by atoms with E-state index in [2.05, 4.69) is 13.0 Å². The van der Waals surface area contributed by atoms with Gasteiger partial charge in [-0.3, -0.25) is 29.1 Å². The number of hydrogen-bond donors (Lipinski definition) is 3. The number of para-hydroxylation sites is 1. The number of nitrogens with zero attached hydrogens (tertiary/aromatic N) is 2. The van der Waals surface area contributed by atoms with Crippen LogP contribution >= 0.6 is 0 Å². The van der Waals surface area contributed by atoms with Gasteiger partial charge in [-0.15, -0.1) is 0 Å². The summed E-state index contributed by atoms with van der Waals surface area (Å²) in [4.78, 5) is 79.8. The fraction of sp³-hybridized carbons (Fsp3) is 0.741. The molecule has 3 saturated heterocycles. The topological polar surface area (TPSA) is 208 Å². The van der Waals surface area contributed by atoms with E-state index < -0.39 is 77.8 Å². The van der Waals surface area contributed by atoms with Crippen molar-refractivity contribution in [3.63, 3.8) is 0 Å². The first kappa shape index (κ1) is 59.4. The Labute approximate surface area is 439 Å². The second-order valence-corrected chi connectivity index (χ2v) is 22.7. The van der Waals surface area contributed by atoms with Crippen molar-refractivity contribution in [3.05, 3.63) is 53.6 Å². The van der Waals surface area contributed by atoms with Gasteiger partial charge in [-0.2, -0.15) is 0 Å². The number of piperidine rings is 1. The summed E-state index contributed by atoms with van der Waals surface area (Å²) < 4.78 is 29.9. The van der Waals surface area contributed by atoms with E-state index in [4.69, 9.17) is 28.5 Å².